The number of benzene rings is 3. The Kier molecular flexibility index (Phi) is 6.24. The summed E-state index contributed by atoms with van der Waals surface area (Å²) in [7, 11) is 1.42. The summed E-state index contributed by atoms with van der Waals surface area (Å²) in [6, 6.07) is 16.5. The highest BCUT2D eigenvalue weighted by Crippen LogP contribution is 2.24. The van der Waals surface area contributed by atoms with Gasteiger partial charge in [0.1, 0.15) is 18.1 Å². The van der Waals surface area contributed by atoms with Crippen LogP contribution in [-0.4, -0.2) is 23.4 Å². The molecule has 0 unspecified atom stereocenters. The highest BCUT2D eigenvalue weighted by atomic mass is 35.5. The summed E-state index contributed by atoms with van der Waals surface area (Å²) in [5.41, 5.74) is 0.445. The van der Waals surface area contributed by atoms with E-state index in [9.17, 15) is 18.8 Å². The maximum Gasteiger partial charge on any atom is 0.244 e. The first kappa shape index (κ1) is 22.2. The van der Waals surface area contributed by atoms with Crippen LogP contribution in [-0.2, 0) is 11.3 Å². The third-order valence-electron chi connectivity index (χ3n) is 5.08. The van der Waals surface area contributed by atoms with E-state index < -0.39 is 17.0 Å². The van der Waals surface area contributed by atoms with Gasteiger partial charge in [-0.25, -0.2) is 4.39 Å². The number of pyridine rings is 1. The van der Waals surface area contributed by atoms with E-state index in [0.717, 1.165) is 12.1 Å². The van der Waals surface area contributed by atoms with E-state index in [2.05, 4.69) is 5.32 Å². The van der Waals surface area contributed by atoms with Gasteiger partial charge in [0.15, 0.2) is 5.78 Å². The topological polar surface area (TPSA) is 77.4 Å². The average Bonchev–Trinajstić information content (AvgIpc) is 2.82. The van der Waals surface area contributed by atoms with Gasteiger partial charge >= 0.3 is 0 Å². The van der Waals surface area contributed by atoms with Gasteiger partial charge in [-0.1, -0.05) is 17.7 Å². The van der Waals surface area contributed by atoms with Crippen LogP contribution in [0.5, 0.6) is 5.75 Å². The predicted octanol–water partition coefficient (Wildman–Crippen LogP) is 4.67. The van der Waals surface area contributed by atoms with E-state index >= 15 is 0 Å². The van der Waals surface area contributed by atoms with E-state index in [1.54, 1.807) is 42.5 Å². The molecule has 0 spiro atoms. The molecule has 6 nitrogen and oxygen atoms in total. The van der Waals surface area contributed by atoms with Crippen LogP contribution < -0.4 is 15.5 Å². The van der Waals surface area contributed by atoms with Crippen LogP contribution in [0.15, 0.2) is 77.7 Å². The minimum absolute atomic E-state index is 0.153. The molecule has 1 heterocycles. The second-order valence-electron chi connectivity index (χ2n) is 7.25. The highest BCUT2D eigenvalue weighted by Gasteiger charge is 2.20. The molecule has 1 aromatic heterocycles. The van der Waals surface area contributed by atoms with Crippen LogP contribution in [0.25, 0.3) is 10.9 Å². The van der Waals surface area contributed by atoms with E-state index in [0.29, 0.717) is 16.2 Å². The lowest BCUT2D eigenvalue weighted by Crippen LogP contribution is -2.24. The summed E-state index contributed by atoms with van der Waals surface area (Å²) in [5, 5.41) is 3.47. The Morgan fingerprint density at radius 1 is 1.03 bits per heavy atom. The van der Waals surface area contributed by atoms with E-state index in [-0.39, 0.29) is 34.7 Å². The zero-order chi connectivity index (χ0) is 23.5. The Bertz CT molecular complexity index is 1410. The zero-order valence-corrected chi connectivity index (χ0v) is 18.2. The molecule has 0 radical (unpaired) electrons. The Morgan fingerprint density at radius 3 is 2.39 bits per heavy atom. The molecule has 0 aliphatic carbocycles. The minimum Gasteiger partial charge on any atom is -0.496 e. The first-order valence-corrected chi connectivity index (χ1v) is 10.3. The molecule has 0 atom stereocenters. The number of rotatable bonds is 6. The summed E-state index contributed by atoms with van der Waals surface area (Å²) < 4.78 is 20.2. The first-order chi connectivity index (χ1) is 15.9. The van der Waals surface area contributed by atoms with Crippen molar-refractivity contribution in [3.63, 3.8) is 0 Å². The fraction of sp³-hybridized carbons (Fsp3) is 0.0800. The molecule has 1 amide bonds. The first-order valence-electron chi connectivity index (χ1n) is 9.93. The Hall–Kier alpha value is -3.97. The SMILES string of the molecule is COc1cccc2c1c(=O)c(C(=O)c1ccc(F)cc1)cn2CC(=O)Nc1ccc(Cl)cc1. The molecule has 4 rings (SSSR count). The van der Waals surface area contributed by atoms with Gasteiger partial charge < -0.3 is 14.6 Å². The third-order valence-corrected chi connectivity index (χ3v) is 5.34. The van der Waals surface area contributed by atoms with Crippen molar-refractivity contribution in [2.45, 2.75) is 6.54 Å². The molecule has 4 aromatic rings. The molecule has 1 N–H and O–H groups in total. The van der Waals surface area contributed by atoms with Gasteiger partial charge in [-0.3, -0.25) is 14.4 Å². The van der Waals surface area contributed by atoms with Gasteiger partial charge in [0.25, 0.3) is 0 Å². The van der Waals surface area contributed by atoms with Crippen LogP contribution in [0.2, 0.25) is 5.02 Å². The van der Waals surface area contributed by atoms with Gasteiger partial charge in [-0.05, 0) is 60.7 Å². The number of methoxy groups -OCH3 is 1. The number of ketones is 1. The lowest BCUT2D eigenvalue weighted by molar-refractivity contribution is -0.116. The van der Waals surface area contributed by atoms with E-state index in [1.807, 2.05) is 0 Å². The van der Waals surface area contributed by atoms with Crippen LogP contribution in [0.4, 0.5) is 10.1 Å². The van der Waals surface area contributed by atoms with Crippen molar-refractivity contribution in [2.24, 2.45) is 0 Å². The summed E-state index contributed by atoms with van der Waals surface area (Å²) in [5.74, 6) is -1.17. The quantitative estimate of drug-likeness (QED) is 0.420. The van der Waals surface area contributed by atoms with Crippen LogP contribution in [0.3, 0.4) is 0 Å². The van der Waals surface area contributed by atoms with Crippen LogP contribution >= 0.6 is 11.6 Å². The summed E-state index contributed by atoms with van der Waals surface area (Å²) in [6.07, 6.45) is 1.34. The second-order valence-corrected chi connectivity index (χ2v) is 7.68. The minimum atomic E-state index is -0.584. The number of hydrogen-bond donors (Lipinski definition) is 1. The number of hydrogen-bond acceptors (Lipinski definition) is 4. The maximum absolute atomic E-state index is 13.3. The number of nitrogens with zero attached hydrogens (tertiary/aromatic N) is 1. The number of ether oxygens (including phenoxy) is 1. The van der Waals surface area contributed by atoms with Crippen molar-refractivity contribution in [1.29, 1.82) is 0 Å². The average molecular weight is 465 g/mol. The van der Waals surface area contributed by atoms with Crippen molar-refractivity contribution in [3.8, 4) is 5.75 Å². The molecule has 0 saturated heterocycles. The molecule has 8 heteroatoms. The standard InChI is InChI=1S/C25H18ClFN2O4/c1-33-21-4-2-3-20-23(21)25(32)19(24(31)15-5-9-17(27)10-6-15)13-29(20)14-22(30)28-18-11-7-16(26)8-12-18/h2-13H,14H2,1H3,(H,28,30). The largest absolute Gasteiger partial charge is 0.496 e. The molecule has 0 fully saturated rings. The van der Waals surface area contributed by atoms with Crippen LogP contribution in [0.1, 0.15) is 15.9 Å². The summed E-state index contributed by atoms with van der Waals surface area (Å²) >= 11 is 5.88. The second kappa shape index (κ2) is 9.26. The Balaban J connectivity index is 1.79. The molecule has 0 aliphatic heterocycles. The normalized spacial score (nSPS) is 10.8. The van der Waals surface area contributed by atoms with Gasteiger partial charge in [0.2, 0.25) is 11.3 Å². The Labute approximate surface area is 193 Å². The number of fused-ring (bicyclic) bond motifs is 1. The maximum atomic E-state index is 13.3. The van der Waals surface area contributed by atoms with Crippen molar-refractivity contribution in [1.82, 2.24) is 4.57 Å². The molecule has 0 saturated carbocycles. The lowest BCUT2D eigenvalue weighted by atomic mass is 10.0. The van der Waals surface area contributed by atoms with Gasteiger partial charge in [0, 0.05) is 22.5 Å². The molecule has 3 aromatic carbocycles. The fourth-order valence-electron chi connectivity index (χ4n) is 3.51. The van der Waals surface area contributed by atoms with Crippen molar-refractivity contribution >= 4 is 39.9 Å². The molecular weight excluding hydrogens is 447 g/mol. The zero-order valence-electron chi connectivity index (χ0n) is 17.5. The summed E-state index contributed by atoms with van der Waals surface area (Å²) in [4.78, 5) is 39.1. The van der Waals surface area contributed by atoms with Gasteiger partial charge in [-0.2, -0.15) is 0 Å². The molecular formula is C25H18ClFN2O4. The van der Waals surface area contributed by atoms with E-state index in [4.69, 9.17) is 16.3 Å². The van der Waals surface area contributed by atoms with Crippen LogP contribution in [0, 0.1) is 5.82 Å². The number of carbonyl (C=O) groups is 2. The van der Waals surface area contributed by atoms with Crippen molar-refractivity contribution in [3.05, 3.63) is 105 Å². The highest BCUT2D eigenvalue weighted by molar-refractivity contribution is 6.30. The van der Waals surface area contributed by atoms with Crippen molar-refractivity contribution < 1.29 is 18.7 Å². The number of amides is 1. The van der Waals surface area contributed by atoms with Gasteiger partial charge in [-0.15, -0.1) is 0 Å². The van der Waals surface area contributed by atoms with Gasteiger partial charge in [0.05, 0.1) is 23.6 Å². The Morgan fingerprint density at radius 2 is 1.73 bits per heavy atom. The molecule has 0 bridgehead atoms. The number of anilines is 1. The number of nitrogens with one attached hydrogen (secondary N) is 1. The number of carbonyl (C=O) groups excluding carboxylic acids is 2. The molecule has 166 valence electrons. The monoisotopic (exact) mass is 464 g/mol. The molecule has 0 aliphatic rings. The fourth-order valence-corrected chi connectivity index (χ4v) is 3.64. The lowest BCUT2D eigenvalue weighted by Gasteiger charge is -2.15. The van der Waals surface area contributed by atoms with Crippen molar-refractivity contribution in [2.75, 3.05) is 12.4 Å². The number of aromatic nitrogens is 1. The number of halogens is 2. The third kappa shape index (κ3) is 4.63. The summed E-state index contributed by atoms with van der Waals surface area (Å²) in [6.45, 7) is -0.170. The predicted molar refractivity (Wildman–Crippen MR) is 125 cm³/mol. The smallest absolute Gasteiger partial charge is 0.244 e. The molecule has 33 heavy (non-hydrogen) atoms. The van der Waals surface area contributed by atoms with E-state index in [1.165, 1.54) is 30.0 Å².